The van der Waals surface area contributed by atoms with Crippen LogP contribution in [0.5, 0.6) is 0 Å². The second kappa shape index (κ2) is 5.03. The molecule has 0 atom stereocenters. The number of halogens is 1. The highest BCUT2D eigenvalue weighted by Crippen LogP contribution is 2.22. The number of aromatic nitrogens is 2. The summed E-state index contributed by atoms with van der Waals surface area (Å²) in [5.41, 5.74) is 0.449. The molecule has 0 aliphatic rings. The summed E-state index contributed by atoms with van der Waals surface area (Å²) < 4.78 is 28.7. The number of anilines is 1. The molecule has 0 radical (unpaired) electrons. The lowest BCUT2D eigenvalue weighted by molar-refractivity contribution is 0.598. The molecule has 0 aliphatic carbocycles. The van der Waals surface area contributed by atoms with Crippen LogP contribution in [0.4, 0.5) is 5.69 Å². The fraction of sp³-hybridized carbons (Fsp3) is 0.0909. The van der Waals surface area contributed by atoms with E-state index >= 15 is 0 Å². The second-order valence-electron chi connectivity index (χ2n) is 3.78. The van der Waals surface area contributed by atoms with Crippen LogP contribution in [0.1, 0.15) is 5.56 Å². The Morgan fingerprint density at radius 2 is 2.21 bits per heavy atom. The molecule has 0 unspecified atom stereocenters. The van der Waals surface area contributed by atoms with Crippen molar-refractivity contribution in [2.45, 2.75) is 5.03 Å². The van der Waals surface area contributed by atoms with Gasteiger partial charge in [0.15, 0.2) is 5.03 Å². The van der Waals surface area contributed by atoms with E-state index in [4.69, 9.17) is 5.26 Å². The lowest BCUT2D eigenvalue weighted by Gasteiger charge is -2.07. The van der Waals surface area contributed by atoms with Crippen molar-refractivity contribution in [3.05, 3.63) is 40.8 Å². The van der Waals surface area contributed by atoms with Gasteiger partial charge in [0.1, 0.15) is 6.07 Å². The number of aryl methyl sites for hydroxylation is 1. The Hall–Kier alpha value is -1.85. The van der Waals surface area contributed by atoms with Crippen LogP contribution in [0.15, 0.2) is 40.2 Å². The molecule has 0 aliphatic heterocycles. The van der Waals surface area contributed by atoms with Crippen molar-refractivity contribution in [3.8, 4) is 6.07 Å². The molecule has 1 N–H and O–H groups in total. The zero-order valence-corrected chi connectivity index (χ0v) is 12.2. The Balaban J connectivity index is 2.39. The monoisotopic (exact) mass is 340 g/mol. The van der Waals surface area contributed by atoms with Crippen molar-refractivity contribution >= 4 is 31.6 Å². The second-order valence-corrected chi connectivity index (χ2v) is 6.33. The predicted molar refractivity (Wildman–Crippen MR) is 72.9 cm³/mol. The lowest BCUT2D eigenvalue weighted by atomic mass is 10.2. The SMILES string of the molecule is Cn1cnc(S(=O)(=O)Nc2ccc(Br)cc2C#N)c1. The van der Waals surface area contributed by atoms with Crippen molar-refractivity contribution in [3.63, 3.8) is 0 Å². The van der Waals surface area contributed by atoms with Crippen LogP contribution >= 0.6 is 15.9 Å². The number of rotatable bonds is 3. The van der Waals surface area contributed by atoms with Gasteiger partial charge >= 0.3 is 0 Å². The number of imidazole rings is 1. The Morgan fingerprint density at radius 3 is 2.79 bits per heavy atom. The van der Waals surface area contributed by atoms with Crippen LogP contribution in [-0.4, -0.2) is 18.0 Å². The Labute approximate surface area is 118 Å². The summed E-state index contributed by atoms with van der Waals surface area (Å²) in [7, 11) is -2.11. The third kappa shape index (κ3) is 2.94. The standard InChI is InChI=1S/C11H9BrN4O2S/c1-16-6-11(14-7-16)19(17,18)15-10-3-2-9(12)4-8(10)5-13/h2-4,6-7,15H,1H3. The van der Waals surface area contributed by atoms with Gasteiger partial charge in [-0.3, -0.25) is 4.72 Å². The number of hydrogen-bond donors (Lipinski definition) is 1. The molecule has 0 saturated heterocycles. The lowest BCUT2D eigenvalue weighted by Crippen LogP contribution is -2.14. The van der Waals surface area contributed by atoms with Crippen molar-refractivity contribution in [1.82, 2.24) is 9.55 Å². The molecule has 2 rings (SSSR count). The molecular weight excluding hydrogens is 332 g/mol. The van der Waals surface area contributed by atoms with E-state index in [2.05, 4.69) is 25.6 Å². The van der Waals surface area contributed by atoms with E-state index in [0.717, 1.165) is 0 Å². The maximum atomic E-state index is 12.1. The quantitative estimate of drug-likeness (QED) is 0.923. The zero-order valence-electron chi connectivity index (χ0n) is 9.83. The van der Waals surface area contributed by atoms with Crippen LogP contribution in [-0.2, 0) is 17.1 Å². The van der Waals surface area contributed by atoms with E-state index in [1.54, 1.807) is 13.1 Å². The molecule has 2 aromatic rings. The normalized spacial score (nSPS) is 11.0. The highest BCUT2D eigenvalue weighted by molar-refractivity contribution is 9.10. The number of nitriles is 1. The van der Waals surface area contributed by atoms with Crippen molar-refractivity contribution in [1.29, 1.82) is 5.26 Å². The van der Waals surface area contributed by atoms with Gasteiger partial charge < -0.3 is 4.57 Å². The number of nitrogens with zero attached hydrogens (tertiary/aromatic N) is 3. The first-order valence-corrected chi connectivity index (χ1v) is 7.40. The minimum atomic E-state index is -3.79. The summed E-state index contributed by atoms with van der Waals surface area (Å²) in [6.07, 6.45) is 2.77. The summed E-state index contributed by atoms with van der Waals surface area (Å²) in [6, 6.07) is 6.64. The zero-order chi connectivity index (χ0) is 14.0. The fourth-order valence-electron chi connectivity index (χ4n) is 1.42. The van der Waals surface area contributed by atoms with Crippen LogP contribution in [0.3, 0.4) is 0 Å². The average molecular weight is 341 g/mol. The highest BCUT2D eigenvalue weighted by atomic mass is 79.9. The van der Waals surface area contributed by atoms with E-state index in [1.165, 1.54) is 29.2 Å². The molecule has 1 aromatic heterocycles. The summed E-state index contributed by atoms with van der Waals surface area (Å²) in [5, 5.41) is 8.89. The van der Waals surface area contributed by atoms with Crippen LogP contribution in [0.25, 0.3) is 0 Å². The van der Waals surface area contributed by atoms with Gasteiger partial charge in [0.2, 0.25) is 0 Å². The minimum absolute atomic E-state index is 0.0955. The van der Waals surface area contributed by atoms with Crippen molar-refractivity contribution in [2.24, 2.45) is 7.05 Å². The summed E-state index contributed by atoms with van der Waals surface area (Å²) in [6.45, 7) is 0. The number of sulfonamides is 1. The average Bonchev–Trinajstić information content (AvgIpc) is 2.79. The van der Waals surface area contributed by atoms with Crippen molar-refractivity contribution in [2.75, 3.05) is 4.72 Å². The Morgan fingerprint density at radius 1 is 1.47 bits per heavy atom. The molecule has 6 nitrogen and oxygen atoms in total. The summed E-state index contributed by atoms with van der Waals surface area (Å²) in [4.78, 5) is 3.78. The molecule has 0 saturated carbocycles. The third-order valence-corrected chi connectivity index (χ3v) is 4.05. The molecule has 0 bridgehead atoms. The number of nitrogens with one attached hydrogen (secondary N) is 1. The summed E-state index contributed by atoms with van der Waals surface area (Å²) in [5.74, 6) is 0. The maximum absolute atomic E-state index is 12.1. The Kier molecular flexibility index (Phi) is 3.59. The molecule has 19 heavy (non-hydrogen) atoms. The van der Waals surface area contributed by atoms with Gasteiger partial charge in [0.05, 0.1) is 17.6 Å². The van der Waals surface area contributed by atoms with E-state index in [-0.39, 0.29) is 16.3 Å². The molecule has 1 aromatic carbocycles. The maximum Gasteiger partial charge on any atom is 0.280 e. The first-order valence-electron chi connectivity index (χ1n) is 5.13. The van der Waals surface area contributed by atoms with Crippen LogP contribution in [0.2, 0.25) is 0 Å². The molecular formula is C11H9BrN4O2S. The summed E-state index contributed by atoms with van der Waals surface area (Å²) >= 11 is 3.22. The molecule has 0 spiro atoms. The minimum Gasteiger partial charge on any atom is -0.339 e. The van der Waals surface area contributed by atoms with E-state index in [0.29, 0.717) is 4.47 Å². The smallest absolute Gasteiger partial charge is 0.280 e. The molecule has 8 heteroatoms. The van der Waals surface area contributed by atoms with Gasteiger partial charge in [-0.2, -0.15) is 13.7 Å². The van der Waals surface area contributed by atoms with E-state index < -0.39 is 10.0 Å². The molecule has 98 valence electrons. The van der Waals surface area contributed by atoms with Gasteiger partial charge in [-0.25, -0.2) is 4.98 Å². The van der Waals surface area contributed by atoms with Gasteiger partial charge in [-0.05, 0) is 18.2 Å². The molecule has 0 amide bonds. The van der Waals surface area contributed by atoms with Gasteiger partial charge in [0, 0.05) is 17.7 Å². The van der Waals surface area contributed by atoms with E-state index in [9.17, 15) is 8.42 Å². The third-order valence-electron chi connectivity index (χ3n) is 2.30. The van der Waals surface area contributed by atoms with Gasteiger partial charge in [0.25, 0.3) is 10.0 Å². The van der Waals surface area contributed by atoms with Gasteiger partial charge in [-0.15, -0.1) is 0 Å². The van der Waals surface area contributed by atoms with Crippen molar-refractivity contribution < 1.29 is 8.42 Å². The predicted octanol–water partition coefficient (Wildman–Crippen LogP) is 1.86. The largest absolute Gasteiger partial charge is 0.339 e. The van der Waals surface area contributed by atoms with Gasteiger partial charge in [-0.1, -0.05) is 15.9 Å². The fourth-order valence-corrected chi connectivity index (χ4v) is 2.85. The van der Waals surface area contributed by atoms with E-state index in [1.807, 2.05) is 6.07 Å². The first kappa shape index (κ1) is 13.6. The number of hydrogen-bond acceptors (Lipinski definition) is 4. The number of benzene rings is 1. The molecule has 1 heterocycles. The first-order chi connectivity index (χ1) is 8.92. The van der Waals surface area contributed by atoms with Crippen LogP contribution in [0, 0.1) is 11.3 Å². The van der Waals surface area contributed by atoms with Crippen LogP contribution < -0.4 is 4.72 Å². The molecule has 0 fully saturated rings. The highest BCUT2D eigenvalue weighted by Gasteiger charge is 2.18. The topological polar surface area (TPSA) is 87.8 Å². The Bertz CT molecular complexity index is 761.